The molecule has 166 valence electrons. The van der Waals surface area contributed by atoms with Gasteiger partial charge in [0.05, 0.1) is 24.1 Å². The summed E-state index contributed by atoms with van der Waals surface area (Å²) >= 11 is 1.54. The van der Waals surface area contributed by atoms with E-state index < -0.39 is 5.63 Å². The standard InChI is InChI=1S/C25H21N3O4S/c1-30-22-5-3-2-4-20(22)27-25-28-21(15-33-25)19-12-17-6-7-18(13-23(17)32-24(19)29)31-14-16-8-10-26-11-9-16/h2-13,15,25,27-28H,14H2,1H3. The van der Waals surface area contributed by atoms with E-state index in [0.717, 1.165) is 22.4 Å². The van der Waals surface area contributed by atoms with E-state index in [1.807, 2.05) is 60.0 Å². The molecule has 1 atom stereocenters. The number of hydrogen-bond acceptors (Lipinski definition) is 8. The lowest BCUT2D eigenvalue weighted by Gasteiger charge is -2.17. The first-order chi connectivity index (χ1) is 16.2. The van der Waals surface area contributed by atoms with Crippen LogP contribution < -0.4 is 25.7 Å². The molecule has 0 bridgehead atoms. The molecule has 2 aromatic carbocycles. The molecule has 2 aromatic heterocycles. The molecule has 0 radical (unpaired) electrons. The number of pyridine rings is 1. The number of nitrogens with zero attached hydrogens (tertiary/aromatic N) is 1. The van der Waals surface area contributed by atoms with Gasteiger partial charge in [0.25, 0.3) is 0 Å². The highest BCUT2D eigenvalue weighted by Gasteiger charge is 2.21. The van der Waals surface area contributed by atoms with Gasteiger partial charge < -0.3 is 24.5 Å². The van der Waals surface area contributed by atoms with Crippen molar-refractivity contribution in [2.24, 2.45) is 0 Å². The van der Waals surface area contributed by atoms with Crippen molar-refractivity contribution in [1.29, 1.82) is 0 Å². The number of rotatable bonds is 7. The third kappa shape index (κ3) is 4.65. The summed E-state index contributed by atoms with van der Waals surface area (Å²) in [6, 6.07) is 18.8. The lowest BCUT2D eigenvalue weighted by molar-refractivity contribution is 0.306. The first kappa shape index (κ1) is 21.0. The molecule has 0 fully saturated rings. The van der Waals surface area contributed by atoms with Crippen molar-refractivity contribution in [3.05, 3.63) is 100 Å². The van der Waals surface area contributed by atoms with Crippen molar-refractivity contribution in [2.45, 2.75) is 12.1 Å². The molecule has 5 rings (SSSR count). The molecule has 2 N–H and O–H groups in total. The van der Waals surface area contributed by atoms with Crippen molar-refractivity contribution in [3.63, 3.8) is 0 Å². The van der Waals surface area contributed by atoms with Gasteiger partial charge in [-0.1, -0.05) is 23.9 Å². The van der Waals surface area contributed by atoms with Crippen LogP contribution in [0.2, 0.25) is 0 Å². The van der Waals surface area contributed by atoms with E-state index in [4.69, 9.17) is 13.9 Å². The molecule has 7 nitrogen and oxygen atoms in total. The zero-order chi connectivity index (χ0) is 22.6. The zero-order valence-corrected chi connectivity index (χ0v) is 18.6. The number of benzene rings is 2. The van der Waals surface area contributed by atoms with Gasteiger partial charge in [-0.25, -0.2) is 4.79 Å². The van der Waals surface area contributed by atoms with Gasteiger partial charge in [0, 0.05) is 23.8 Å². The average molecular weight is 460 g/mol. The van der Waals surface area contributed by atoms with Gasteiger partial charge in [0.15, 0.2) is 0 Å². The smallest absolute Gasteiger partial charge is 0.345 e. The minimum absolute atomic E-state index is 0.143. The van der Waals surface area contributed by atoms with Gasteiger partial charge >= 0.3 is 5.63 Å². The molecule has 8 heteroatoms. The predicted molar refractivity (Wildman–Crippen MR) is 130 cm³/mol. The Hall–Kier alpha value is -3.91. The fraction of sp³-hybridized carbons (Fsp3) is 0.120. The number of para-hydroxylation sites is 2. The first-order valence-electron chi connectivity index (χ1n) is 10.3. The maximum absolute atomic E-state index is 12.7. The Bertz CT molecular complexity index is 1370. The summed E-state index contributed by atoms with van der Waals surface area (Å²) in [5.74, 6) is 1.38. The fourth-order valence-electron chi connectivity index (χ4n) is 3.48. The SMILES string of the molecule is COc1ccccc1NC1NC(c2cc3ccc(OCc4ccncc4)cc3oc2=O)=CS1. The summed E-state index contributed by atoms with van der Waals surface area (Å²) in [6.07, 6.45) is 3.44. The lowest BCUT2D eigenvalue weighted by Crippen LogP contribution is -2.29. The van der Waals surface area contributed by atoms with Crippen molar-refractivity contribution in [3.8, 4) is 11.5 Å². The molecule has 3 heterocycles. The highest BCUT2D eigenvalue weighted by Crippen LogP contribution is 2.31. The van der Waals surface area contributed by atoms with Crippen LogP contribution in [0.25, 0.3) is 16.7 Å². The molecule has 0 aliphatic carbocycles. The Morgan fingerprint density at radius 2 is 1.97 bits per heavy atom. The normalized spacial score (nSPS) is 15.1. The Morgan fingerprint density at radius 1 is 1.12 bits per heavy atom. The highest BCUT2D eigenvalue weighted by molar-refractivity contribution is 8.03. The van der Waals surface area contributed by atoms with E-state index >= 15 is 0 Å². The number of hydrogen-bond donors (Lipinski definition) is 2. The predicted octanol–water partition coefficient (Wildman–Crippen LogP) is 4.81. The number of anilines is 1. The van der Waals surface area contributed by atoms with Crippen LogP contribution in [0.3, 0.4) is 0 Å². The van der Waals surface area contributed by atoms with Crippen LogP contribution in [0.4, 0.5) is 5.69 Å². The highest BCUT2D eigenvalue weighted by atomic mass is 32.2. The fourth-order valence-corrected chi connectivity index (χ4v) is 4.33. The van der Waals surface area contributed by atoms with E-state index in [0.29, 0.717) is 29.2 Å². The molecule has 4 aromatic rings. The molecule has 1 aliphatic rings. The molecule has 0 amide bonds. The van der Waals surface area contributed by atoms with Crippen molar-refractivity contribution < 1.29 is 13.9 Å². The van der Waals surface area contributed by atoms with E-state index in [2.05, 4.69) is 15.6 Å². The monoisotopic (exact) mass is 459 g/mol. The van der Waals surface area contributed by atoms with E-state index in [9.17, 15) is 4.79 Å². The van der Waals surface area contributed by atoms with Crippen molar-refractivity contribution >= 4 is 34.1 Å². The lowest BCUT2D eigenvalue weighted by atomic mass is 10.1. The molecular weight excluding hydrogens is 438 g/mol. The largest absolute Gasteiger partial charge is 0.495 e. The van der Waals surface area contributed by atoms with Crippen molar-refractivity contribution in [2.75, 3.05) is 12.4 Å². The second-order valence-electron chi connectivity index (χ2n) is 7.33. The van der Waals surface area contributed by atoms with E-state index in [-0.39, 0.29) is 5.50 Å². The third-order valence-electron chi connectivity index (χ3n) is 5.15. The second kappa shape index (κ2) is 9.30. The Labute approximate surface area is 194 Å². The molecule has 0 saturated carbocycles. The number of aromatic nitrogens is 1. The number of fused-ring (bicyclic) bond motifs is 1. The average Bonchev–Trinajstić information content (AvgIpc) is 3.31. The van der Waals surface area contributed by atoms with E-state index in [1.165, 1.54) is 11.8 Å². The molecular formula is C25H21N3O4S. The minimum Gasteiger partial charge on any atom is -0.495 e. The maximum atomic E-state index is 12.7. The minimum atomic E-state index is -0.411. The summed E-state index contributed by atoms with van der Waals surface area (Å²) in [6.45, 7) is 0.408. The zero-order valence-electron chi connectivity index (χ0n) is 17.8. The van der Waals surface area contributed by atoms with Crippen LogP contribution in [0.5, 0.6) is 11.5 Å². The molecule has 0 saturated heterocycles. The molecule has 33 heavy (non-hydrogen) atoms. The summed E-state index contributed by atoms with van der Waals surface area (Å²) in [7, 11) is 1.63. The summed E-state index contributed by atoms with van der Waals surface area (Å²) in [5, 5.41) is 9.43. The van der Waals surface area contributed by atoms with Gasteiger partial charge in [-0.05, 0) is 53.4 Å². The van der Waals surface area contributed by atoms with Crippen LogP contribution in [-0.2, 0) is 6.61 Å². The van der Waals surface area contributed by atoms with Gasteiger partial charge in [0.1, 0.15) is 29.2 Å². The van der Waals surface area contributed by atoms with Crippen LogP contribution in [0.15, 0.2) is 87.7 Å². The van der Waals surface area contributed by atoms with Gasteiger partial charge in [-0.3, -0.25) is 4.98 Å². The third-order valence-corrected chi connectivity index (χ3v) is 6.03. The maximum Gasteiger partial charge on any atom is 0.345 e. The van der Waals surface area contributed by atoms with Crippen molar-refractivity contribution in [1.82, 2.24) is 10.3 Å². The van der Waals surface area contributed by atoms with Crippen LogP contribution >= 0.6 is 11.8 Å². The van der Waals surface area contributed by atoms with Gasteiger partial charge in [0.2, 0.25) is 0 Å². The Kier molecular flexibility index (Phi) is 5.91. The number of nitrogens with one attached hydrogen (secondary N) is 2. The van der Waals surface area contributed by atoms with Gasteiger partial charge in [-0.2, -0.15) is 0 Å². The van der Waals surface area contributed by atoms with Gasteiger partial charge in [-0.15, -0.1) is 0 Å². The Morgan fingerprint density at radius 3 is 2.82 bits per heavy atom. The first-order valence-corrected chi connectivity index (χ1v) is 11.3. The molecule has 1 aliphatic heterocycles. The number of methoxy groups -OCH3 is 1. The number of thioether (sulfide) groups is 1. The number of ether oxygens (including phenoxy) is 2. The second-order valence-corrected chi connectivity index (χ2v) is 8.31. The summed E-state index contributed by atoms with van der Waals surface area (Å²) in [4.78, 5) is 16.7. The van der Waals surface area contributed by atoms with Crippen LogP contribution in [0, 0.1) is 0 Å². The summed E-state index contributed by atoms with van der Waals surface area (Å²) in [5.41, 5.74) is 2.98. The van der Waals surface area contributed by atoms with E-state index in [1.54, 1.807) is 25.6 Å². The summed E-state index contributed by atoms with van der Waals surface area (Å²) < 4.78 is 16.8. The molecule has 0 spiro atoms. The quantitative estimate of drug-likeness (QED) is 0.381. The molecule has 1 unspecified atom stereocenters. The van der Waals surface area contributed by atoms with Crippen LogP contribution in [-0.4, -0.2) is 17.6 Å². The Balaban J connectivity index is 1.30. The van der Waals surface area contributed by atoms with Crippen LogP contribution in [0.1, 0.15) is 11.1 Å². The topological polar surface area (TPSA) is 85.6 Å².